The fraction of sp³-hybridized carbons (Fsp3) is 0.350. The van der Waals surface area contributed by atoms with Crippen LogP contribution in [0, 0.1) is 5.92 Å². The third-order valence-electron chi connectivity index (χ3n) is 3.76. The van der Waals surface area contributed by atoms with Gasteiger partial charge in [0.05, 0.1) is 20.3 Å². The summed E-state index contributed by atoms with van der Waals surface area (Å²) in [4.78, 5) is 13.6. The minimum atomic E-state index is -0.121. The van der Waals surface area contributed by atoms with Crippen molar-refractivity contribution in [3.63, 3.8) is 0 Å². The summed E-state index contributed by atoms with van der Waals surface area (Å²) in [7, 11) is 3.22. The van der Waals surface area contributed by atoms with Crippen LogP contribution >= 0.6 is 11.3 Å². The summed E-state index contributed by atoms with van der Waals surface area (Å²) in [6, 6.07) is 9.59. The van der Waals surface area contributed by atoms with Gasteiger partial charge >= 0.3 is 0 Å². The molecule has 25 heavy (non-hydrogen) atoms. The van der Waals surface area contributed by atoms with E-state index in [1.807, 2.05) is 29.6 Å². The van der Waals surface area contributed by atoms with Crippen LogP contribution in [0.15, 0.2) is 41.8 Å². The van der Waals surface area contributed by atoms with Crippen LogP contribution < -0.4 is 14.8 Å². The molecule has 0 aliphatic rings. The topological polar surface area (TPSA) is 47.6 Å². The Labute approximate surface area is 153 Å². The Hall–Kier alpha value is -2.27. The molecular weight excluding hydrogens is 334 g/mol. The smallest absolute Gasteiger partial charge is 0.244 e. The Balaban J connectivity index is 2.11. The molecule has 2 aromatic rings. The summed E-state index contributed by atoms with van der Waals surface area (Å²) >= 11 is 1.67. The maximum atomic E-state index is 12.4. The highest BCUT2D eigenvalue weighted by Gasteiger charge is 2.16. The number of amides is 1. The second-order valence-corrected chi connectivity index (χ2v) is 7.13. The van der Waals surface area contributed by atoms with Crippen LogP contribution in [0.1, 0.15) is 36.8 Å². The number of carbonyl (C=O) groups is 1. The first-order valence-electron chi connectivity index (χ1n) is 8.27. The summed E-state index contributed by atoms with van der Waals surface area (Å²) in [5, 5.41) is 5.13. The van der Waals surface area contributed by atoms with E-state index < -0.39 is 0 Å². The van der Waals surface area contributed by atoms with E-state index in [0.717, 1.165) is 17.7 Å². The Morgan fingerprint density at radius 3 is 2.64 bits per heavy atom. The lowest BCUT2D eigenvalue weighted by atomic mass is 10.0. The molecule has 1 unspecified atom stereocenters. The van der Waals surface area contributed by atoms with Crippen molar-refractivity contribution in [3.05, 3.63) is 52.2 Å². The molecule has 134 valence electrons. The zero-order valence-corrected chi connectivity index (χ0v) is 15.9. The predicted molar refractivity (Wildman–Crippen MR) is 103 cm³/mol. The minimum Gasteiger partial charge on any atom is -0.497 e. The van der Waals surface area contributed by atoms with Crippen LogP contribution in [0.5, 0.6) is 11.5 Å². The van der Waals surface area contributed by atoms with Gasteiger partial charge in [-0.3, -0.25) is 4.79 Å². The van der Waals surface area contributed by atoms with Crippen molar-refractivity contribution in [1.82, 2.24) is 5.32 Å². The van der Waals surface area contributed by atoms with Crippen molar-refractivity contribution in [1.29, 1.82) is 0 Å². The Kier molecular flexibility index (Phi) is 7.07. The van der Waals surface area contributed by atoms with Crippen molar-refractivity contribution >= 4 is 23.3 Å². The number of carbonyl (C=O) groups excluding carboxylic acids is 1. The average Bonchev–Trinajstić information content (AvgIpc) is 3.13. The highest BCUT2D eigenvalue weighted by Crippen LogP contribution is 2.26. The molecule has 0 saturated heterocycles. The SMILES string of the molecule is COc1ccc(OC)c(/C=C/C(=O)NC(CC(C)C)c2cccs2)c1. The van der Waals surface area contributed by atoms with Crippen molar-refractivity contribution in [2.75, 3.05) is 14.2 Å². The fourth-order valence-corrected chi connectivity index (χ4v) is 3.35. The summed E-state index contributed by atoms with van der Waals surface area (Å²) in [6.45, 7) is 4.31. The maximum Gasteiger partial charge on any atom is 0.244 e. The van der Waals surface area contributed by atoms with Crippen LogP contribution in [-0.4, -0.2) is 20.1 Å². The van der Waals surface area contributed by atoms with E-state index in [4.69, 9.17) is 9.47 Å². The van der Waals surface area contributed by atoms with E-state index >= 15 is 0 Å². The summed E-state index contributed by atoms with van der Waals surface area (Å²) in [5.74, 6) is 1.79. The van der Waals surface area contributed by atoms with Crippen molar-refractivity contribution in [3.8, 4) is 11.5 Å². The molecule has 0 saturated carbocycles. The van der Waals surface area contributed by atoms with Gasteiger partial charge in [0.2, 0.25) is 5.91 Å². The van der Waals surface area contributed by atoms with Crippen LogP contribution in [0.2, 0.25) is 0 Å². The van der Waals surface area contributed by atoms with E-state index in [1.165, 1.54) is 11.0 Å². The van der Waals surface area contributed by atoms with Crippen LogP contribution in [0.25, 0.3) is 6.08 Å². The van der Waals surface area contributed by atoms with Crippen LogP contribution in [-0.2, 0) is 4.79 Å². The number of thiophene rings is 1. The highest BCUT2D eigenvalue weighted by atomic mass is 32.1. The minimum absolute atomic E-state index is 0.0318. The monoisotopic (exact) mass is 359 g/mol. The van der Waals surface area contributed by atoms with E-state index in [0.29, 0.717) is 11.7 Å². The molecule has 1 amide bonds. The molecule has 0 aliphatic carbocycles. The van der Waals surface area contributed by atoms with E-state index in [-0.39, 0.29) is 11.9 Å². The second kappa shape index (κ2) is 9.28. The number of methoxy groups -OCH3 is 2. The number of nitrogens with one attached hydrogen (secondary N) is 1. The molecule has 2 rings (SSSR count). The van der Waals surface area contributed by atoms with Gasteiger partial charge in [-0.15, -0.1) is 11.3 Å². The Morgan fingerprint density at radius 1 is 1.24 bits per heavy atom. The third-order valence-corrected chi connectivity index (χ3v) is 4.75. The maximum absolute atomic E-state index is 12.4. The van der Waals surface area contributed by atoms with Gasteiger partial charge in [0.25, 0.3) is 0 Å². The van der Waals surface area contributed by atoms with Gasteiger partial charge in [-0.1, -0.05) is 19.9 Å². The first-order chi connectivity index (χ1) is 12.0. The summed E-state index contributed by atoms with van der Waals surface area (Å²) in [5.41, 5.74) is 0.800. The molecule has 1 aromatic heterocycles. The molecule has 1 atom stereocenters. The molecule has 0 bridgehead atoms. The molecule has 0 spiro atoms. The number of hydrogen-bond acceptors (Lipinski definition) is 4. The molecule has 1 heterocycles. The Morgan fingerprint density at radius 2 is 2.04 bits per heavy atom. The van der Waals surface area contributed by atoms with Crippen LogP contribution in [0.4, 0.5) is 0 Å². The molecule has 0 radical (unpaired) electrons. The molecule has 5 heteroatoms. The lowest BCUT2D eigenvalue weighted by Crippen LogP contribution is -2.27. The number of rotatable bonds is 8. The third kappa shape index (κ3) is 5.64. The van der Waals surface area contributed by atoms with E-state index in [1.54, 1.807) is 31.6 Å². The summed E-state index contributed by atoms with van der Waals surface area (Å²) in [6.07, 6.45) is 4.19. The van der Waals surface area contributed by atoms with E-state index in [2.05, 4.69) is 25.2 Å². The van der Waals surface area contributed by atoms with Gasteiger partial charge in [0.15, 0.2) is 0 Å². The summed E-state index contributed by atoms with van der Waals surface area (Å²) < 4.78 is 10.6. The van der Waals surface area contributed by atoms with Crippen molar-refractivity contribution < 1.29 is 14.3 Å². The molecule has 0 fully saturated rings. The lowest BCUT2D eigenvalue weighted by molar-refractivity contribution is -0.117. The van der Waals surface area contributed by atoms with Gasteiger partial charge in [-0.2, -0.15) is 0 Å². The zero-order chi connectivity index (χ0) is 18.2. The molecule has 4 nitrogen and oxygen atoms in total. The quantitative estimate of drug-likeness (QED) is 0.696. The molecular formula is C20H25NO3S. The van der Waals surface area contributed by atoms with E-state index in [9.17, 15) is 4.79 Å². The van der Waals surface area contributed by atoms with Gasteiger partial charge in [-0.25, -0.2) is 0 Å². The predicted octanol–water partition coefficient (Wildman–Crippen LogP) is 4.68. The average molecular weight is 359 g/mol. The highest BCUT2D eigenvalue weighted by molar-refractivity contribution is 7.10. The lowest BCUT2D eigenvalue weighted by Gasteiger charge is -2.18. The fourth-order valence-electron chi connectivity index (χ4n) is 2.56. The van der Waals surface area contributed by atoms with Gasteiger partial charge in [-0.05, 0) is 48.1 Å². The van der Waals surface area contributed by atoms with Crippen molar-refractivity contribution in [2.45, 2.75) is 26.3 Å². The van der Waals surface area contributed by atoms with Gasteiger partial charge in [0, 0.05) is 16.5 Å². The Bertz CT molecular complexity index is 708. The second-order valence-electron chi connectivity index (χ2n) is 6.15. The first-order valence-corrected chi connectivity index (χ1v) is 9.15. The normalized spacial score (nSPS) is 12.4. The molecule has 1 N–H and O–H groups in total. The van der Waals surface area contributed by atoms with Gasteiger partial charge < -0.3 is 14.8 Å². The standard InChI is InChI=1S/C20H25NO3S/c1-14(2)12-17(19-6-5-11-25-19)21-20(22)10-7-15-13-16(23-3)8-9-18(15)24-4/h5-11,13-14,17H,12H2,1-4H3,(H,21,22)/b10-7+. The largest absolute Gasteiger partial charge is 0.497 e. The number of ether oxygens (including phenoxy) is 2. The van der Waals surface area contributed by atoms with Crippen LogP contribution in [0.3, 0.4) is 0 Å². The van der Waals surface area contributed by atoms with Crippen molar-refractivity contribution in [2.24, 2.45) is 5.92 Å². The number of hydrogen-bond donors (Lipinski definition) is 1. The van der Waals surface area contributed by atoms with Gasteiger partial charge in [0.1, 0.15) is 11.5 Å². The molecule has 0 aliphatic heterocycles. The number of benzene rings is 1. The first kappa shape index (κ1) is 19.1. The zero-order valence-electron chi connectivity index (χ0n) is 15.1. The molecule has 1 aromatic carbocycles.